The van der Waals surface area contributed by atoms with Crippen LogP contribution in [0.4, 0.5) is 15.9 Å². The van der Waals surface area contributed by atoms with Crippen LogP contribution in [0, 0.1) is 12.7 Å². The number of carbonyl (C=O) groups excluding carboxylic acids is 1. The zero-order valence-electron chi connectivity index (χ0n) is 16.5. The maximum atomic E-state index is 13.1. The molecular formula is C20H24FN7O. The van der Waals surface area contributed by atoms with Crippen molar-refractivity contribution >= 4 is 17.4 Å². The number of nitrogens with two attached hydrogens (primary N) is 1. The summed E-state index contributed by atoms with van der Waals surface area (Å²) in [6, 6.07) is 6.02. The van der Waals surface area contributed by atoms with Crippen LogP contribution in [-0.2, 0) is 13.6 Å². The van der Waals surface area contributed by atoms with E-state index in [1.807, 2.05) is 22.6 Å². The molecule has 152 valence electrons. The van der Waals surface area contributed by atoms with Crippen molar-refractivity contribution in [2.24, 2.45) is 12.8 Å². The highest BCUT2D eigenvalue weighted by atomic mass is 19.1. The van der Waals surface area contributed by atoms with Gasteiger partial charge in [-0.1, -0.05) is 0 Å². The van der Waals surface area contributed by atoms with E-state index in [-0.39, 0.29) is 11.9 Å². The Morgan fingerprint density at radius 1 is 1.34 bits per heavy atom. The predicted molar refractivity (Wildman–Crippen MR) is 107 cm³/mol. The highest BCUT2D eigenvalue weighted by Crippen LogP contribution is 2.27. The minimum Gasteiger partial charge on any atom is -0.365 e. The molecule has 1 atom stereocenters. The molecule has 1 aromatic carbocycles. The molecule has 0 radical (unpaired) electrons. The van der Waals surface area contributed by atoms with Crippen molar-refractivity contribution in [2.75, 3.05) is 18.4 Å². The highest BCUT2D eigenvalue weighted by molar-refractivity contribution is 5.98. The molecular weight excluding hydrogens is 373 g/mol. The third-order valence-corrected chi connectivity index (χ3v) is 5.46. The molecule has 1 aliphatic rings. The summed E-state index contributed by atoms with van der Waals surface area (Å²) in [7, 11) is 1.94. The SMILES string of the molecule is Cc1c(CN2CCC(n3cc(C(N)=O)c(Nc4ccc(F)cc4)n3)C2)cnn1C. The van der Waals surface area contributed by atoms with Gasteiger partial charge in [0.15, 0.2) is 5.82 Å². The lowest BCUT2D eigenvalue weighted by Gasteiger charge is -2.16. The summed E-state index contributed by atoms with van der Waals surface area (Å²) in [5, 5.41) is 11.9. The number of aromatic nitrogens is 4. The van der Waals surface area contributed by atoms with E-state index >= 15 is 0 Å². The van der Waals surface area contributed by atoms with Crippen LogP contribution in [0.2, 0.25) is 0 Å². The molecule has 0 aliphatic carbocycles. The Labute approximate surface area is 168 Å². The number of aryl methyl sites for hydroxylation is 1. The summed E-state index contributed by atoms with van der Waals surface area (Å²) >= 11 is 0. The lowest BCUT2D eigenvalue weighted by atomic mass is 10.2. The second-order valence-electron chi connectivity index (χ2n) is 7.42. The Morgan fingerprint density at radius 2 is 2.10 bits per heavy atom. The van der Waals surface area contributed by atoms with Crippen LogP contribution in [0.3, 0.4) is 0 Å². The van der Waals surface area contributed by atoms with Crippen LogP contribution in [0.15, 0.2) is 36.7 Å². The van der Waals surface area contributed by atoms with Crippen LogP contribution in [0.5, 0.6) is 0 Å². The second kappa shape index (κ2) is 7.67. The number of anilines is 2. The Balaban J connectivity index is 1.49. The van der Waals surface area contributed by atoms with E-state index in [1.165, 1.54) is 17.7 Å². The standard InChI is InChI=1S/C20H24FN7O/c1-13-14(9-23-26(13)2)10-27-8-7-17(11-27)28-12-18(19(22)29)20(25-28)24-16-5-3-15(21)4-6-16/h3-6,9,12,17H,7-8,10-11H2,1-2H3,(H2,22,29)(H,24,25). The van der Waals surface area contributed by atoms with Gasteiger partial charge in [-0.3, -0.25) is 19.1 Å². The first-order valence-corrected chi connectivity index (χ1v) is 9.52. The van der Waals surface area contributed by atoms with Crippen molar-refractivity contribution in [3.8, 4) is 0 Å². The van der Waals surface area contributed by atoms with Gasteiger partial charge in [0, 0.05) is 49.8 Å². The third kappa shape index (κ3) is 4.00. The van der Waals surface area contributed by atoms with Gasteiger partial charge in [-0.15, -0.1) is 0 Å². The number of rotatable bonds is 6. The summed E-state index contributed by atoms with van der Waals surface area (Å²) < 4.78 is 16.8. The molecule has 3 aromatic rings. The summed E-state index contributed by atoms with van der Waals surface area (Å²) in [5.74, 6) is -0.501. The fourth-order valence-corrected chi connectivity index (χ4v) is 3.63. The fraction of sp³-hybridized carbons (Fsp3) is 0.350. The Hall–Kier alpha value is -3.20. The number of hydrogen-bond donors (Lipinski definition) is 2. The average Bonchev–Trinajstić information content (AvgIpc) is 3.39. The molecule has 1 amide bonds. The van der Waals surface area contributed by atoms with Crippen molar-refractivity contribution in [2.45, 2.75) is 25.9 Å². The first-order valence-electron chi connectivity index (χ1n) is 9.52. The quantitative estimate of drug-likeness (QED) is 0.666. The summed E-state index contributed by atoms with van der Waals surface area (Å²) in [6.45, 7) is 4.66. The molecule has 0 bridgehead atoms. The first-order chi connectivity index (χ1) is 13.9. The molecule has 0 saturated carbocycles. The average molecular weight is 397 g/mol. The number of nitrogens with zero attached hydrogens (tertiary/aromatic N) is 5. The Bertz CT molecular complexity index is 1020. The van der Waals surface area contributed by atoms with E-state index in [0.717, 1.165) is 31.7 Å². The number of amides is 1. The zero-order chi connectivity index (χ0) is 20.5. The smallest absolute Gasteiger partial charge is 0.254 e. The van der Waals surface area contributed by atoms with Crippen LogP contribution in [-0.4, -0.2) is 43.5 Å². The maximum absolute atomic E-state index is 13.1. The van der Waals surface area contributed by atoms with E-state index in [4.69, 9.17) is 5.73 Å². The molecule has 4 rings (SSSR count). The van der Waals surface area contributed by atoms with E-state index in [1.54, 1.807) is 18.3 Å². The number of primary amides is 1. The lowest BCUT2D eigenvalue weighted by molar-refractivity contribution is 0.100. The normalized spacial score (nSPS) is 17.0. The fourth-order valence-electron chi connectivity index (χ4n) is 3.63. The molecule has 0 spiro atoms. The van der Waals surface area contributed by atoms with Crippen molar-refractivity contribution in [1.29, 1.82) is 0 Å². The Morgan fingerprint density at radius 3 is 2.76 bits per heavy atom. The Kier molecular flexibility index (Phi) is 5.06. The predicted octanol–water partition coefficient (Wildman–Crippen LogP) is 2.35. The van der Waals surface area contributed by atoms with Crippen molar-refractivity contribution in [3.05, 3.63) is 59.3 Å². The molecule has 1 fully saturated rings. The minimum atomic E-state index is -0.554. The van der Waals surface area contributed by atoms with E-state index < -0.39 is 5.91 Å². The van der Waals surface area contributed by atoms with E-state index in [2.05, 4.69) is 27.3 Å². The summed E-state index contributed by atoms with van der Waals surface area (Å²) in [5.41, 5.74) is 8.87. The van der Waals surface area contributed by atoms with Gasteiger partial charge in [0.2, 0.25) is 0 Å². The molecule has 3 N–H and O–H groups in total. The van der Waals surface area contributed by atoms with Gasteiger partial charge in [0.25, 0.3) is 5.91 Å². The second-order valence-corrected chi connectivity index (χ2v) is 7.42. The van der Waals surface area contributed by atoms with Crippen LogP contribution < -0.4 is 11.1 Å². The van der Waals surface area contributed by atoms with Gasteiger partial charge < -0.3 is 11.1 Å². The molecule has 9 heteroatoms. The highest BCUT2D eigenvalue weighted by Gasteiger charge is 2.27. The molecule has 2 aromatic heterocycles. The van der Waals surface area contributed by atoms with E-state index in [9.17, 15) is 9.18 Å². The molecule has 1 saturated heterocycles. The van der Waals surface area contributed by atoms with Gasteiger partial charge >= 0.3 is 0 Å². The van der Waals surface area contributed by atoms with E-state index in [0.29, 0.717) is 17.1 Å². The van der Waals surface area contributed by atoms with Crippen LogP contribution >= 0.6 is 0 Å². The molecule has 3 heterocycles. The number of halogens is 1. The van der Waals surface area contributed by atoms with Crippen molar-refractivity contribution in [3.63, 3.8) is 0 Å². The van der Waals surface area contributed by atoms with Gasteiger partial charge in [0.05, 0.1) is 12.2 Å². The van der Waals surface area contributed by atoms with Gasteiger partial charge in [0.1, 0.15) is 11.4 Å². The monoisotopic (exact) mass is 397 g/mol. The molecule has 8 nitrogen and oxygen atoms in total. The zero-order valence-corrected chi connectivity index (χ0v) is 16.5. The first kappa shape index (κ1) is 19.1. The number of nitrogens with one attached hydrogen (secondary N) is 1. The third-order valence-electron chi connectivity index (χ3n) is 5.46. The molecule has 1 aliphatic heterocycles. The molecule has 1 unspecified atom stereocenters. The van der Waals surface area contributed by atoms with Gasteiger partial charge in [-0.2, -0.15) is 10.2 Å². The maximum Gasteiger partial charge on any atom is 0.254 e. The van der Waals surface area contributed by atoms with Crippen LogP contribution in [0.25, 0.3) is 0 Å². The number of benzene rings is 1. The topological polar surface area (TPSA) is 94.0 Å². The molecule has 29 heavy (non-hydrogen) atoms. The van der Waals surface area contributed by atoms with Crippen molar-refractivity contribution in [1.82, 2.24) is 24.5 Å². The van der Waals surface area contributed by atoms with Gasteiger partial charge in [-0.25, -0.2) is 4.39 Å². The summed E-state index contributed by atoms with van der Waals surface area (Å²) in [6.07, 6.45) is 4.53. The number of likely N-dealkylation sites (tertiary alicyclic amines) is 1. The lowest BCUT2D eigenvalue weighted by Crippen LogP contribution is -2.21. The van der Waals surface area contributed by atoms with Gasteiger partial charge in [-0.05, 0) is 37.6 Å². The largest absolute Gasteiger partial charge is 0.365 e. The number of carbonyl (C=O) groups is 1. The van der Waals surface area contributed by atoms with Crippen molar-refractivity contribution < 1.29 is 9.18 Å². The summed E-state index contributed by atoms with van der Waals surface area (Å²) in [4.78, 5) is 14.2. The van der Waals surface area contributed by atoms with Crippen LogP contribution in [0.1, 0.15) is 34.1 Å². The number of hydrogen-bond acceptors (Lipinski definition) is 5. The minimum absolute atomic E-state index is 0.147.